The molecule has 0 saturated carbocycles. The zero-order valence-electron chi connectivity index (χ0n) is 20.8. The van der Waals surface area contributed by atoms with E-state index >= 15 is 0 Å². The number of pyridine rings is 1. The van der Waals surface area contributed by atoms with Gasteiger partial charge >= 0.3 is 5.97 Å². The molecule has 8 heteroatoms. The molecule has 2 N–H and O–H groups in total. The summed E-state index contributed by atoms with van der Waals surface area (Å²) in [6.45, 7) is 4.84. The first-order valence-corrected chi connectivity index (χ1v) is 12.1. The molecule has 4 aromatic rings. The van der Waals surface area contributed by atoms with Crippen LogP contribution in [0.5, 0.6) is 5.75 Å². The number of benzene rings is 3. The minimum atomic E-state index is -1.04. The van der Waals surface area contributed by atoms with Gasteiger partial charge in [-0.3, -0.25) is 4.79 Å². The predicted molar refractivity (Wildman–Crippen MR) is 145 cm³/mol. The lowest BCUT2D eigenvalue weighted by atomic mass is 10.1. The Morgan fingerprint density at radius 1 is 0.892 bits per heavy atom. The summed E-state index contributed by atoms with van der Waals surface area (Å²) in [4.78, 5) is 34.1. The van der Waals surface area contributed by atoms with Crippen molar-refractivity contribution in [2.75, 3.05) is 48.4 Å². The van der Waals surface area contributed by atoms with Crippen molar-refractivity contribution in [1.29, 1.82) is 0 Å². The van der Waals surface area contributed by atoms with Crippen LogP contribution in [0, 0.1) is 6.92 Å². The van der Waals surface area contributed by atoms with Crippen molar-refractivity contribution in [1.82, 2.24) is 4.98 Å². The van der Waals surface area contributed by atoms with Gasteiger partial charge in [0, 0.05) is 54.6 Å². The number of aromatic carboxylic acids is 1. The Hall–Kier alpha value is -4.59. The van der Waals surface area contributed by atoms with Crippen LogP contribution < -0.4 is 19.9 Å². The van der Waals surface area contributed by atoms with Crippen molar-refractivity contribution < 1.29 is 19.4 Å². The minimum absolute atomic E-state index is 0.155. The summed E-state index contributed by atoms with van der Waals surface area (Å²) in [5.74, 6) is 0.169. The van der Waals surface area contributed by atoms with E-state index in [-0.39, 0.29) is 11.5 Å². The summed E-state index contributed by atoms with van der Waals surface area (Å²) < 4.78 is 5.34. The van der Waals surface area contributed by atoms with Crippen LogP contribution in [0.4, 0.5) is 17.2 Å². The second-order valence-electron chi connectivity index (χ2n) is 9.01. The van der Waals surface area contributed by atoms with Crippen LogP contribution in [0.25, 0.3) is 10.9 Å². The Balaban J connectivity index is 1.37. The number of hydrogen-bond donors (Lipinski definition) is 2. The van der Waals surface area contributed by atoms with Gasteiger partial charge in [0.2, 0.25) is 0 Å². The van der Waals surface area contributed by atoms with E-state index in [0.29, 0.717) is 41.1 Å². The van der Waals surface area contributed by atoms with E-state index in [1.54, 1.807) is 37.4 Å². The lowest BCUT2D eigenvalue weighted by molar-refractivity contribution is 0.0698. The fraction of sp³-hybridized carbons (Fsp3) is 0.207. The average Bonchev–Trinajstić information content (AvgIpc) is 2.92. The number of aromatic nitrogens is 1. The monoisotopic (exact) mass is 496 g/mol. The van der Waals surface area contributed by atoms with Gasteiger partial charge in [-0.2, -0.15) is 0 Å². The fourth-order valence-corrected chi connectivity index (χ4v) is 4.66. The highest BCUT2D eigenvalue weighted by atomic mass is 16.5. The first-order valence-electron chi connectivity index (χ1n) is 12.1. The molecule has 3 aromatic carbocycles. The molecule has 0 spiro atoms. The van der Waals surface area contributed by atoms with Crippen LogP contribution >= 0.6 is 0 Å². The number of amides is 1. The summed E-state index contributed by atoms with van der Waals surface area (Å²) in [5, 5.41) is 13.3. The van der Waals surface area contributed by atoms with E-state index in [2.05, 4.69) is 21.2 Å². The molecule has 0 radical (unpaired) electrons. The molecule has 1 amide bonds. The van der Waals surface area contributed by atoms with Crippen molar-refractivity contribution >= 4 is 40.0 Å². The van der Waals surface area contributed by atoms with Gasteiger partial charge in [0.15, 0.2) is 0 Å². The van der Waals surface area contributed by atoms with E-state index in [0.717, 1.165) is 30.1 Å². The summed E-state index contributed by atoms with van der Waals surface area (Å²) in [6, 6.07) is 22.1. The topological polar surface area (TPSA) is 95.0 Å². The Kier molecular flexibility index (Phi) is 6.64. The fourth-order valence-electron chi connectivity index (χ4n) is 4.66. The minimum Gasteiger partial charge on any atom is -0.497 e. The standard InChI is InChI=1S/C29H28N4O4/c1-19-6-3-4-9-23(19)28(34)30-20-10-11-26-24(16-20)25(29(35)36)18-27(31-26)33-14-12-32(13-15-33)21-7-5-8-22(17-21)37-2/h3-11,16-18H,12-15H2,1-2H3,(H,30,34)(H,35,36). The molecule has 1 aromatic heterocycles. The van der Waals surface area contributed by atoms with Crippen LogP contribution in [0.2, 0.25) is 0 Å². The third-order valence-electron chi connectivity index (χ3n) is 6.70. The van der Waals surface area contributed by atoms with Gasteiger partial charge in [0.05, 0.1) is 18.2 Å². The van der Waals surface area contributed by atoms with E-state index in [9.17, 15) is 14.7 Å². The summed E-state index contributed by atoms with van der Waals surface area (Å²) >= 11 is 0. The SMILES string of the molecule is COc1cccc(N2CCN(c3cc(C(=O)O)c4cc(NC(=O)c5ccccc5C)ccc4n3)CC2)c1. The molecule has 0 unspecified atom stereocenters. The van der Waals surface area contributed by atoms with Crippen molar-refractivity contribution in [3.8, 4) is 5.75 Å². The van der Waals surface area contributed by atoms with Crippen LogP contribution in [0.15, 0.2) is 72.8 Å². The maximum absolute atomic E-state index is 12.8. The molecular formula is C29H28N4O4. The second kappa shape index (κ2) is 10.2. The van der Waals surface area contributed by atoms with Gasteiger partial charge < -0.3 is 25.0 Å². The van der Waals surface area contributed by atoms with Crippen LogP contribution in [0.1, 0.15) is 26.3 Å². The summed E-state index contributed by atoms with van der Waals surface area (Å²) in [5.41, 5.74) is 3.77. The number of hydrogen-bond acceptors (Lipinski definition) is 6. The van der Waals surface area contributed by atoms with Crippen LogP contribution in [-0.4, -0.2) is 55.3 Å². The molecule has 0 aliphatic carbocycles. The molecule has 8 nitrogen and oxygen atoms in total. The van der Waals surface area contributed by atoms with Gasteiger partial charge in [-0.05, 0) is 55.0 Å². The molecule has 2 heterocycles. The average molecular weight is 497 g/mol. The van der Waals surface area contributed by atoms with Crippen LogP contribution in [-0.2, 0) is 0 Å². The van der Waals surface area contributed by atoms with E-state index < -0.39 is 5.97 Å². The maximum atomic E-state index is 12.8. The van der Waals surface area contributed by atoms with Crippen LogP contribution in [0.3, 0.4) is 0 Å². The third-order valence-corrected chi connectivity index (χ3v) is 6.70. The molecule has 0 atom stereocenters. The van der Waals surface area contributed by atoms with Gasteiger partial charge in [-0.1, -0.05) is 24.3 Å². The predicted octanol–water partition coefficient (Wildman–Crippen LogP) is 4.83. The van der Waals surface area contributed by atoms with Crippen molar-refractivity contribution in [2.45, 2.75) is 6.92 Å². The molecule has 1 saturated heterocycles. The number of carbonyl (C=O) groups is 2. The number of carbonyl (C=O) groups excluding carboxylic acids is 1. The number of anilines is 3. The number of rotatable bonds is 6. The Bertz CT molecular complexity index is 1480. The van der Waals surface area contributed by atoms with E-state index in [1.807, 2.05) is 43.3 Å². The number of ether oxygens (including phenoxy) is 1. The number of carboxylic acids is 1. The van der Waals surface area contributed by atoms with Crippen molar-refractivity contribution in [3.05, 3.63) is 89.5 Å². The van der Waals surface area contributed by atoms with Crippen molar-refractivity contribution in [2.24, 2.45) is 0 Å². The van der Waals surface area contributed by atoms with Gasteiger partial charge in [0.25, 0.3) is 5.91 Å². The zero-order valence-corrected chi connectivity index (χ0v) is 20.8. The third kappa shape index (κ3) is 5.04. The number of methoxy groups -OCH3 is 1. The molecule has 5 rings (SSSR count). The lowest BCUT2D eigenvalue weighted by Gasteiger charge is -2.37. The first-order chi connectivity index (χ1) is 17.9. The zero-order chi connectivity index (χ0) is 25.9. The van der Waals surface area contributed by atoms with Crippen molar-refractivity contribution in [3.63, 3.8) is 0 Å². The van der Waals surface area contributed by atoms with Gasteiger partial charge in [0.1, 0.15) is 11.6 Å². The van der Waals surface area contributed by atoms with E-state index in [4.69, 9.17) is 9.72 Å². The summed E-state index contributed by atoms with van der Waals surface area (Å²) in [6.07, 6.45) is 0. The molecule has 0 bridgehead atoms. The highest BCUT2D eigenvalue weighted by Gasteiger charge is 2.22. The molecule has 1 aliphatic rings. The Labute approximate surface area is 215 Å². The number of nitrogens with zero attached hydrogens (tertiary/aromatic N) is 3. The number of fused-ring (bicyclic) bond motifs is 1. The number of nitrogens with one attached hydrogen (secondary N) is 1. The summed E-state index contributed by atoms with van der Waals surface area (Å²) in [7, 11) is 1.66. The molecule has 188 valence electrons. The largest absolute Gasteiger partial charge is 0.497 e. The molecular weight excluding hydrogens is 468 g/mol. The van der Waals surface area contributed by atoms with Gasteiger partial charge in [-0.25, -0.2) is 9.78 Å². The molecule has 1 aliphatic heterocycles. The molecule has 37 heavy (non-hydrogen) atoms. The Morgan fingerprint density at radius 3 is 2.38 bits per heavy atom. The quantitative estimate of drug-likeness (QED) is 0.395. The Morgan fingerprint density at radius 2 is 1.65 bits per heavy atom. The first kappa shape index (κ1) is 24.1. The molecule has 1 fully saturated rings. The van der Waals surface area contributed by atoms with E-state index in [1.165, 1.54) is 0 Å². The normalized spacial score (nSPS) is 13.5. The maximum Gasteiger partial charge on any atom is 0.336 e. The second-order valence-corrected chi connectivity index (χ2v) is 9.01. The smallest absolute Gasteiger partial charge is 0.336 e. The number of aryl methyl sites for hydroxylation is 1. The highest BCUT2D eigenvalue weighted by Crippen LogP contribution is 2.28. The van der Waals surface area contributed by atoms with Gasteiger partial charge in [-0.15, -0.1) is 0 Å². The number of piperazine rings is 1. The lowest BCUT2D eigenvalue weighted by Crippen LogP contribution is -2.46. The highest BCUT2D eigenvalue weighted by molar-refractivity contribution is 6.08. The number of carboxylic acid groups (broad SMARTS) is 1.